The summed E-state index contributed by atoms with van der Waals surface area (Å²) in [6, 6.07) is 0. The van der Waals surface area contributed by atoms with Gasteiger partial charge in [0, 0.05) is 24.8 Å². The lowest BCUT2D eigenvalue weighted by Crippen LogP contribution is -2.36. The molecule has 1 aromatic heterocycles. The van der Waals surface area contributed by atoms with Gasteiger partial charge in [0.1, 0.15) is 11.3 Å². The number of pyridine rings is 1. The molecule has 0 atom stereocenters. The van der Waals surface area contributed by atoms with Gasteiger partial charge in [0.2, 0.25) is 0 Å². The summed E-state index contributed by atoms with van der Waals surface area (Å²) < 4.78 is 1.83. The lowest BCUT2D eigenvalue weighted by Gasteiger charge is -2.27. The van der Waals surface area contributed by atoms with E-state index in [-0.39, 0.29) is 16.9 Å². The summed E-state index contributed by atoms with van der Waals surface area (Å²) in [5, 5.41) is 13.2. The molecule has 2 aliphatic rings. The predicted octanol–water partition coefficient (Wildman–Crippen LogP) is 3.15. The smallest absolute Gasteiger partial charge is 0.267 e. The van der Waals surface area contributed by atoms with Crippen LogP contribution in [0.2, 0.25) is 0 Å². The van der Waals surface area contributed by atoms with E-state index in [1.54, 1.807) is 0 Å². The van der Waals surface area contributed by atoms with Crippen LogP contribution in [0.25, 0.3) is 0 Å². The van der Waals surface area contributed by atoms with Crippen LogP contribution in [0, 0.1) is 5.92 Å². The Balaban J connectivity index is 2.10. The minimum Gasteiger partial charge on any atom is -0.507 e. The van der Waals surface area contributed by atoms with Gasteiger partial charge in [-0.05, 0) is 44.4 Å². The number of rotatable bonds is 3. The molecular formula is C20H30N2O3. The molecular weight excluding hydrogens is 316 g/mol. The minimum atomic E-state index is -0.482. The molecule has 1 aromatic rings. The van der Waals surface area contributed by atoms with Crippen LogP contribution in [0.3, 0.4) is 0 Å². The molecule has 0 bridgehead atoms. The Hall–Kier alpha value is -1.78. The molecule has 1 fully saturated rings. The number of hydrogen-bond donors (Lipinski definition) is 2. The van der Waals surface area contributed by atoms with Gasteiger partial charge in [-0.25, -0.2) is 0 Å². The van der Waals surface area contributed by atoms with Crippen LogP contribution < -0.4 is 10.9 Å². The minimum absolute atomic E-state index is 0.0716. The van der Waals surface area contributed by atoms with Crippen molar-refractivity contribution < 1.29 is 9.90 Å². The quantitative estimate of drug-likeness (QED) is 0.883. The van der Waals surface area contributed by atoms with Crippen molar-refractivity contribution >= 4 is 5.91 Å². The zero-order valence-electron chi connectivity index (χ0n) is 15.3. The van der Waals surface area contributed by atoms with Crippen LogP contribution in [-0.4, -0.2) is 22.6 Å². The number of carbonyl (C=O) groups excluding carboxylic acids is 1. The summed E-state index contributed by atoms with van der Waals surface area (Å²) in [6.07, 6.45) is 11.9. The number of nitrogens with zero attached hydrogens (tertiary/aromatic N) is 1. The molecule has 2 N–H and O–H groups in total. The summed E-state index contributed by atoms with van der Waals surface area (Å²) in [4.78, 5) is 25.3. The summed E-state index contributed by atoms with van der Waals surface area (Å²) >= 11 is 0. The molecule has 2 aliphatic carbocycles. The first kappa shape index (κ1) is 18.0. The molecule has 138 valence electrons. The van der Waals surface area contributed by atoms with Gasteiger partial charge in [0.05, 0.1) is 0 Å². The van der Waals surface area contributed by atoms with Crippen LogP contribution in [0.4, 0.5) is 0 Å². The van der Waals surface area contributed by atoms with Gasteiger partial charge < -0.3 is 15.0 Å². The topological polar surface area (TPSA) is 71.3 Å². The zero-order chi connectivity index (χ0) is 17.8. The van der Waals surface area contributed by atoms with E-state index >= 15 is 0 Å². The van der Waals surface area contributed by atoms with Gasteiger partial charge in [-0.3, -0.25) is 9.59 Å². The largest absolute Gasteiger partial charge is 0.507 e. The van der Waals surface area contributed by atoms with E-state index < -0.39 is 5.91 Å². The van der Waals surface area contributed by atoms with Gasteiger partial charge in [-0.1, -0.05) is 32.1 Å². The number of aromatic hydroxyl groups is 1. The summed E-state index contributed by atoms with van der Waals surface area (Å²) in [7, 11) is 1.50. The fourth-order valence-electron chi connectivity index (χ4n) is 4.46. The molecule has 0 spiro atoms. The van der Waals surface area contributed by atoms with Crippen LogP contribution in [0.15, 0.2) is 4.79 Å². The zero-order valence-corrected chi connectivity index (χ0v) is 15.3. The fraction of sp³-hybridized carbons (Fsp3) is 0.700. The van der Waals surface area contributed by atoms with Crippen molar-refractivity contribution in [1.29, 1.82) is 0 Å². The van der Waals surface area contributed by atoms with Crippen molar-refractivity contribution in [2.75, 3.05) is 7.05 Å². The van der Waals surface area contributed by atoms with Crippen molar-refractivity contribution in [2.45, 2.75) is 77.2 Å². The van der Waals surface area contributed by atoms with E-state index in [4.69, 9.17) is 0 Å². The van der Waals surface area contributed by atoms with E-state index in [1.165, 1.54) is 26.3 Å². The van der Waals surface area contributed by atoms with Gasteiger partial charge in [0.15, 0.2) is 0 Å². The molecule has 1 saturated carbocycles. The fourth-order valence-corrected chi connectivity index (χ4v) is 4.46. The van der Waals surface area contributed by atoms with E-state index in [0.29, 0.717) is 12.5 Å². The first-order valence-electron chi connectivity index (χ1n) is 9.83. The molecule has 5 nitrogen and oxygen atoms in total. The average Bonchev–Trinajstić information content (AvgIpc) is 2.60. The highest BCUT2D eigenvalue weighted by Gasteiger charge is 2.27. The molecule has 0 aliphatic heterocycles. The van der Waals surface area contributed by atoms with Gasteiger partial charge in [-0.2, -0.15) is 0 Å². The Kier molecular flexibility index (Phi) is 5.82. The monoisotopic (exact) mass is 346 g/mol. The maximum Gasteiger partial charge on any atom is 0.267 e. The van der Waals surface area contributed by atoms with E-state index in [9.17, 15) is 14.7 Å². The summed E-state index contributed by atoms with van der Waals surface area (Å²) in [5.74, 6) is -0.0611. The maximum atomic E-state index is 13.1. The highest BCUT2D eigenvalue weighted by Crippen LogP contribution is 2.31. The number of nitrogens with one attached hydrogen (secondary N) is 1. The van der Waals surface area contributed by atoms with E-state index in [1.807, 2.05) is 4.57 Å². The normalized spacial score (nSPS) is 18.9. The SMILES string of the molecule is CNC(=O)c1c(O)c2c(n(CC3CCCCC3)c1=O)CCCCCC2. The van der Waals surface area contributed by atoms with Crippen LogP contribution >= 0.6 is 0 Å². The third-order valence-electron chi connectivity index (χ3n) is 5.87. The molecule has 0 saturated heterocycles. The maximum absolute atomic E-state index is 13.1. The number of hydrogen-bond acceptors (Lipinski definition) is 3. The molecule has 5 heteroatoms. The van der Waals surface area contributed by atoms with Crippen molar-refractivity contribution in [2.24, 2.45) is 5.92 Å². The summed E-state index contributed by atoms with van der Waals surface area (Å²) in [5.41, 5.74) is 1.41. The third-order valence-corrected chi connectivity index (χ3v) is 5.87. The standard InChI is InChI=1S/C20H30N2O3/c1-21-19(24)17-18(23)15-11-7-2-3-8-12-16(15)22(20(17)25)13-14-9-5-4-6-10-14/h14,23H,2-13H2,1H3,(H,21,24). The van der Waals surface area contributed by atoms with Gasteiger partial charge >= 0.3 is 0 Å². The van der Waals surface area contributed by atoms with Gasteiger partial charge in [-0.15, -0.1) is 0 Å². The number of carbonyl (C=O) groups is 1. The van der Waals surface area contributed by atoms with E-state index in [2.05, 4.69) is 5.32 Å². The van der Waals surface area contributed by atoms with Crippen LogP contribution in [0.1, 0.15) is 79.4 Å². The molecule has 0 unspecified atom stereocenters. The lowest BCUT2D eigenvalue weighted by molar-refractivity contribution is 0.0957. The molecule has 1 amide bonds. The molecule has 0 radical (unpaired) electrons. The molecule has 25 heavy (non-hydrogen) atoms. The number of fused-ring (bicyclic) bond motifs is 1. The number of amides is 1. The highest BCUT2D eigenvalue weighted by molar-refractivity contribution is 5.96. The van der Waals surface area contributed by atoms with Crippen LogP contribution in [-0.2, 0) is 19.4 Å². The summed E-state index contributed by atoms with van der Waals surface area (Å²) in [6.45, 7) is 0.686. The predicted molar refractivity (Wildman–Crippen MR) is 98.2 cm³/mol. The van der Waals surface area contributed by atoms with Crippen molar-refractivity contribution in [1.82, 2.24) is 9.88 Å². The number of aromatic nitrogens is 1. The molecule has 0 aromatic carbocycles. The van der Waals surface area contributed by atoms with Crippen molar-refractivity contribution in [3.8, 4) is 5.75 Å². The lowest BCUT2D eigenvalue weighted by atomic mass is 9.88. The Morgan fingerprint density at radius 3 is 2.40 bits per heavy atom. The third kappa shape index (κ3) is 3.75. The molecule has 3 rings (SSSR count). The van der Waals surface area contributed by atoms with Gasteiger partial charge in [0.25, 0.3) is 11.5 Å². The Labute approximate surface area is 149 Å². The van der Waals surface area contributed by atoms with Crippen molar-refractivity contribution in [3.05, 3.63) is 27.2 Å². The Bertz CT molecular complexity index is 687. The Morgan fingerprint density at radius 2 is 1.72 bits per heavy atom. The average molecular weight is 346 g/mol. The second-order valence-corrected chi connectivity index (χ2v) is 7.56. The highest BCUT2D eigenvalue weighted by atomic mass is 16.3. The second-order valence-electron chi connectivity index (χ2n) is 7.56. The van der Waals surface area contributed by atoms with Crippen molar-refractivity contribution in [3.63, 3.8) is 0 Å². The van der Waals surface area contributed by atoms with Crippen LogP contribution in [0.5, 0.6) is 5.75 Å². The first-order chi connectivity index (χ1) is 12.1. The second kappa shape index (κ2) is 8.07. The molecule has 1 heterocycles. The van der Waals surface area contributed by atoms with E-state index in [0.717, 1.165) is 62.6 Å². The first-order valence-corrected chi connectivity index (χ1v) is 9.83. The Morgan fingerprint density at radius 1 is 1.08 bits per heavy atom.